The van der Waals surface area contributed by atoms with Crippen molar-refractivity contribution >= 4 is 22.8 Å². The molecule has 1 aromatic carbocycles. The number of hydrogen-bond donors (Lipinski definition) is 0. The van der Waals surface area contributed by atoms with Crippen LogP contribution in [0.5, 0.6) is 0 Å². The Bertz CT molecular complexity index is 1140. The molecule has 28 heavy (non-hydrogen) atoms. The highest BCUT2D eigenvalue weighted by Gasteiger charge is 2.21. The zero-order valence-electron chi connectivity index (χ0n) is 15.9. The van der Waals surface area contributed by atoms with Crippen LogP contribution in [0, 0.1) is 0 Å². The molecule has 1 aliphatic rings. The molecular weight excluding hydrogens is 382 g/mol. The van der Waals surface area contributed by atoms with Crippen molar-refractivity contribution in [2.75, 3.05) is 26.3 Å². The largest absolute Gasteiger partial charge is 0.379 e. The molecule has 0 radical (unpaired) electrons. The lowest BCUT2D eigenvalue weighted by Gasteiger charge is -2.26. The minimum atomic E-state index is -0.386. The van der Waals surface area contributed by atoms with Crippen molar-refractivity contribution in [3.63, 3.8) is 0 Å². The number of hydrogen-bond acceptors (Lipinski definition) is 5. The SMILES string of the molecule is Cn1c(=O)c2c(nc(CN3CCOCC3)n2Cc2cccc(Cl)c2)n(C)c1=O. The van der Waals surface area contributed by atoms with Crippen LogP contribution in [0.4, 0.5) is 0 Å². The van der Waals surface area contributed by atoms with Crippen molar-refractivity contribution in [1.29, 1.82) is 0 Å². The van der Waals surface area contributed by atoms with E-state index < -0.39 is 0 Å². The predicted octanol–water partition coefficient (Wildman–Crippen LogP) is 0.968. The third kappa shape index (κ3) is 3.39. The molecule has 3 aromatic rings. The molecular formula is C19H22ClN5O3. The van der Waals surface area contributed by atoms with Crippen LogP contribution >= 0.6 is 11.6 Å². The van der Waals surface area contributed by atoms with Crippen molar-refractivity contribution in [3.8, 4) is 0 Å². The molecule has 1 saturated heterocycles. The number of aryl methyl sites for hydroxylation is 1. The van der Waals surface area contributed by atoms with Crippen molar-refractivity contribution in [3.05, 3.63) is 61.5 Å². The van der Waals surface area contributed by atoms with Gasteiger partial charge in [0.25, 0.3) is 5.56 Å². The number of halogens is 1. The molecule has 9 heteroatoms. The lowest BCUT2D eigenvalue weighted by atomic mass is 10.2. The van der Waals surface area contributed by atoms with E-state index in [9.17, 15) is 9.59 Å². The predicted molar refractivity (Wildman–Crippen MR) is 107 cm³/mol. The van der Waals surface area contributed by atoms with Crippen LogP contribution in [0.25, 0.3) is 11.2 Å². The number of benzene rings is 1. The zero-order valence-corrected chi connectivity index (χ0v) is 16.6. The summed E-state index contributed by atoms with van der Waals surface area (Å²) in [7, 11) is 3.13. The van der Waals surface area contributed by atoms with Gasteiger partial charge in [0.05, 0.1) is 19.8 Å². The Kier molecular flexibility index (Phi) is 5.09. The fraction of sp³-hybridized carbons (Fsp3) is 0.421. The summed E-state index contributed by atoms with van der Waals surface area (Å²) in [5.74, 6) is 0.746. The summed E-state index contributed by atoms with van der Waals surface area (Å²) in [6.07, 6.45) is 0. The van der Waals surface area contributed by atoms with E-state index >= 15 is 0 Å². The maximum atomic E-state index is 12.9. The van der Waals surface area contributed by atoms with Crippen LogP contribution in [-0.4, -0.2) is 49.9 Å². The summed E-state index contributed by atoms with van der Waals surface area (Å²) in [5, 5.41) is 0.636. The number of imidazole rings is 1. The number of nitrogens with zero attached hydrogens (tertiary/aromatic N) is 5. The van der Waals surface area contributed by atoms with Gasteiger partial charge in [0.1, 0.15) is 5.82 Å². The second-order valence-corrected chi connectivity index (χ2v) is 7.45. The van der Waals surface area contributed by atoms with Gasteiger partial charge in [0, 0.05) is 38.8 Å². The summed E-state index contributed by atoms with van der Waals surface area (Å²) in [6, 6.07) is 7.53. The highest BCUT2D eigenvalue weighted by molar-refractivity contribution is 6.30. The molecule has 0 unspecified atom stereocenters. The molecule has 0 aliphatic carbocycles. The lowest BCUT2D eigenvalue weighted by molar-refractivity contribution is 0.0327. The van der Waals surface area contributed by atoms with Gasteiger partial charge in [0.15, 0.2) is 11.2 Å². The van der Waals surface area contributed by atoms with Gasteiger partial charge in [-0.3, -0.25) is 18.8 Å². The summed E-state index contributed by atoms with van der Waals surface area (Å²) >= 11 is 6.14. The normalized spacial score (nSPS) is 15.4. The van der Waals surface area contributed by atoms with Gasteiger partial charge in [0.2, 0.25) is 0 Å². The molecule has 0 N–H and O–H groups in total. The number of rotatable bonds is 4. The Labute approximate surface area is 166 Å². The van der Waals surface area contributed by atoms with Crippen molar-refractivity contribution < 1.29 is 4.74 Å². The molecule has 8 nitrogen and oxygen atoms in total. The Morgan fingerprint density at radius 2 is 1.86 bits per heavy atom. The summed E-state index contributed by atoms with van der Waals surface area (Å²) in [5.41, 5.74) is 1.06. The molecule has 3 heterocycles. The van der Waals surface area contributed by atoms with Gasteiger partial charge < -0.3 is 9.30 Å². The Balaban J connectivity index is 1.88. The summed E-state index contributed by atoms with van der Waals surface area (Å²) in [6.45, 7) is 3.98. The van der Waals surface area contributed by atoms with E-state index in [2.05, 4.69) is 9.88 Å². The van der Waals surface area contributed by atoms with Crippen LogP contribution < -0.4 is 11.2 Å². The number of ether oxygens (including phenoxy) is 1. The minimum Gasteiger partial charge on any atom is -0.379 e. The van der Waals surface area contributed by atoms with E-state index in [4.69, 9.17) is 16.3 Å². The van der Waals surface area contributed by atoms with E-state index in [1.807, 2.05) is 28.8 Å². The lowest BCUT2D eigenvalue weighted by Crippen LogP contribution is -2.38. The Morgan fingerprint density at radius 1 is 1.11 bits per heavy atom. The molecule has 0 spiro atoms. The van der Waals surface area contributed by atoms with Crippen LogP contribution in [0.15, 0.2) is 33.9 Å². The standard InChI is InChI=1S/C19H22ClN5O3/c1-22-17-16(18(26)23(2)19(22)27)25(11-13-4-3-5-14(20)10-13)15(21-17)12-24-6-8-28-9-7-24/h3-5,10H,6-9,11-12H2,1-2H3. The smallest absolute Gasteiger partial charge is 0.332 e. The number of aromatic nitrogens is 4. The van der Waals surface area contributed by atoms with Crippen molar-refractivity contribution in [2.24, 2.45) is 14.1 Å². The zero-order chi connectivity index (χ0) is 19.8. The van der Waals surface area contributed by atoms with Crippen molar-refractivity contribution in [2.45, 2.75) is 13.1 Å². The quantitative estimate of drug-likeness (QED) is 0.649. The van der Waals surface area contributed by atoms with Gasteiger partial charge >= 0.3 is 5.69 Å². The molecule has 0 atom stereocenters. The van der Waals surface area contributed by atoms with Gasteiger partial charge in [-0.25, -0.2) is 9.78 Å². The monoisotopic (exact) mass is 403 g/mol. The first-order valence-electron chi connectivity index (χ1n) is 9.15. The maximum absolute atomic E-state index is 12.9. The van der Waals surface area contributed by atoms with Crippen LogP contribution in [0.3, 0.4) is 0 Å². The molecule has 1 aliphatic heterocycles. The first kappa shape index (κ1) is 18.9. The van der Waals surface area contributed by atoms with Crippen molar-refractivity contribution in [1.82, 2.24) is 23.6 Å². The highest BCUT2D eigenvalue weighted by Crippen LogP contribution is 2.18. The maximum Gasteiger partial charge on any atom is 0.332 e. The number of fused-ring (bicyclic) bond motifs is 1. The fourth-order valence-electron chi connectivity index (χ4n) is 3.56. The summed E-state index contributed by atoms with van der Waals surface area (Å²) in [4.78, 5) is 32.2. The van der Waals surface area contributed by atoms with E-state index in [1.54, 1.807) is 7.05 Å². The van der Waals surface area contributed by atoms with E-state index in [1.165, 1.54) is 11.6 Å². The number of morpholine rings is 1. The van der Waals surface area contributed by atoms with Gasteiger partial charge in [-0.15, -0.1) is 0 Å². The highest BCUT2D eigenvalue weighted by atomic mass is 35.5. The average molecular weight is 404 g/mol. The second-order valence-electron chi connectivity index (χ2n) is 7.01. The topological polar surface area (TPSA) is 74.3 Å². The Morgan fingerprint density at radius 3 is 2.57 bits per heavy atom. The molecule has 0 bridgehead atoms. The van der Waals surface area contributed by atoms with E-state index in [0.29, 0.717) is 42.5 Å². The van der Waals surface area contributed by atoms with Gasteiger partial charge in [-0.05, 0) is 17.7 Å². The van der Waals surface area contributed by atoms with Crippen LogP contribution in [-0.2, 0) is 31.9 Å². The van der Waals surface area contributed by atoms with Gasteiger partial charge in [-0.2, -0.15) is 0 Å². The molecule has 2 aromatic heterocycles. The second kappa shape index (κ2) is 7.54. The third-order valence-electron chi connectivity index (χ3n) is 5.13. The third-order valence-corrected chi connectivity index (χ3v) is 5.36. The first-order chi connectivity index (χ1) is 13.5. The van der Waals surface area contributed by atoms with Gasteiger partial charge in [-0.1, -0.05) is 23.7 Å². The van der Waals surface area contributed by atoms with Crippen LogP contribution in [0.2, 0.25) is 5.02 Å². The Hall–Kier alpha value is -2.42. The molecule has 1 fully saturated rings. The van der Waals surface area contributed by atoms with E-state index in [-0.39, 0.29) is 11.2 Å². The average Bonchev–Trinajstić information content (AvgIpc) is 3.03. The summed E-state index contributed by atoms with van der Waals surface area (Å²) < 4.78 is 9.87. The fourth-order valence-corrected chi connectivity index (χ4v) is 3.77. The molecule has 148 valence electrons. The molecule has 4 rings (SSSR count). The molecule has 0 amide bonds. The minimum absolute atomic E-state index is 0.346. The molecule has 0 saturated carbocycles. The van der Waals surface area contributed by atoms with Crippen LogP contribution in [0.1, 0.15) is 11.4 Å². The van der Waals surface area contributed by atoms with E-state index in [0.717, 1.165) is 29.0 Å². The first-order valence-corrected chi connectivity index (χ1v) is 9.53.